The van der Waals surface area contributed by atoms with Gasteiger partial charge in [-0.1, -0.05) is 6.92 Å². The van der Waals surface area contributed by atoms with Gasteiger partial charge in [-0.25, -0.2) is 4.98 Å². The Morgan fingerprint density at radius 1 is 1.26 bits per heavy atom. The van der Waals surface area contributed by atoms with Gasteiger partial charge in [0.15, 0.2) is 5.96 Å². The molecule has 2 aliphatic rings. The zero-order chi connectivity index (χ0) is 19.1. The van der Waals surface area contributed by atoms with Crippen LogP contribution in [0.4, 0.5) is 0 Å². The molecule has 0 bridgehead atoms. The number of rotatable bonds is 7. The monoisotopic (exact) mass is 391 g/mol. The SMILES string of the molecule is CCNC(=NCCC1CCN(CC)CC1)N(C)Cc1nc2c(s1)CCCC2. The molecule has 1 aromatic heterocycles. The van der Waals surface area contributed by atoms with E-state index in [1.54, 1.807) is 0 Å². The number of nitrogens with one attached hydrogen (secondary N) is 1. The molecule has 1 aliphatic carbocycles. The minimum Gasteiger partial charge on any atom is -0.357 e. The molecule has 1 aromatic rings. The number of piperidine rings is 1. The van der Waals surface area contributed by atoms with Gasteiger partial charge in [0.05, 0.1) is 12.2 Å². The van der Waals surface area contributed by atoms with Crippen LogP contribution in [-0.4, -0.2) is 60.5 Å². The van der Waals surface area contributed by atoms with Crippen molar-refractivity contribution in [1.82, 2.24) is 20.1 Å². The summed E-state index contributed by atoms with van der Waals surface area (Å²) in [5.41, 5.74) is 1.36. The van der Waals surface area contributed by atoms with Crippen LogP contribution < -0.4 is 5.32 Å². The topological polar surface area (TPSA) is 43.8 Å². The lowest BCUT2D eigenvalue weighted by Gasteiger charge is -2.30. The molecule has 0 atom stereocenters. The number of aliphatic imine (C=N–C) groups is 1. The molecule has 0 aromatic carbocycles. The molecular weight excluding hydrogens is 354 g/mol. The molecule has 5 nitrogen and oxygen atoms in total. The molecule has 3 rings (SSSR count). The van der Waals surface area contributed by atoms with Gasteiger partial charge in [0.2, 0.25) is 0 Å². The van der Waals surface area contributed by atoms with E-state index in [1.165, 1.54) is 80.2 Å². The molecule has 0 radical (unpaired) electrons. The van der Waals surface area contributed by atoms with Crippen molar-refractivity contribution in [2.75, 3.05) is 39.8 Å². The van der Waals surface area contributed by atoms with E-state index in [4.69, 9.17) is 9.98 Å². The molecule has 0 unspecified atom stereocenters. The summed E-state index contributed by atoms with van der Waals surface area (Å²) in [4.78, 5) is 16.1. The lowest BCUT2D eigenvalue weighted by Crippen LogP contribution is -2.38. The number of aromatic nitrogens is 1. The maximum atomic E-state index is 4.92. The largest absolute Gasteiger partial charge is 0.357 e. The molecule has 1 saturated heterocycles. The molecule has 0 saturated carbocycles. The Morgan fingerprint density at radius 2 is 2.04 bits per heavy atom. The van der Waals surface area contributed by atoms with Gasteiger partial charge in [0, 0.05) is 25.0 Å². The smallest absolute Gasteiger partial charge is 0.194 e. The van der Waals surface area contributed by atoms with Crippen LogP contribution in [0.15, 0.2) is 4.99 Å². The van der Waals surface area contributed by atoms with Gasteiger partial charge in [-0.3, -0.25) is 4.99 Å². The molecule has 2 heterocycles. The molecule has 6 heteroatoms. The summed E-state index contributed by atoms with van der Waals surface area (Å²) < 4.78 is 0. The van der Waals surface area contributed by atoms with E-state index in [1.807, 2.05) is 11.3 Å². The molecule has 27 heavy (non-hydrogen) atoms. The Morgan fingerprint density at radius 3 is 2.74 bits per heavy atom. The first kappa shape index (κ1) is 20.6. The van der Waals surface area contributed by atoms with Crippen molar-refractivity contribution in [3.8, 4) is 0 Å². The zero-order valence-electron chi connectivity index (χ0n) is 17.5. The molecule has 1 N–H and O–H groups in total. The van der Waals surface area contributed by atoms with Gasteiger partial charge < -0.3 is 15.1 Å². The number of likely N-dealkylation sites (tertiary alicyclic amines) is 1. The summed E-state index contributed by atoms with van der Waals surface area (Å²) in [6.07, 6.45) is 8.90. The fraction of sp³-hybridized carbons (Fsp3) is 0.810. The Hall–Kier alpha value is -1.14. The van der Waals surface area contributed by atoms with Gasteiger partial charge in [-0.15, -0.1) is 11.3 Å². The highest BCUT2D eigenvalue weighted by Gasteiger charge is 2.19. The van der Waals surface area contributed by atoms with Crippen molar-refractivity contribution in [2.45, 2.75) is 65.3 Å². The second kappa shape index (κ2) is 10.4. The van der Waals surface area contributed by atoms with Gasteiger partial charge in [0.25, 0.3) is 0 Å². The number of thiazole rings is 1. The summed E-state index contributed by atoms with van der Waals surface area (Å²) in [6.45, 7) is 10.8. The third-order valence-corrected chi connectivity index (χ3v) is 7.05. The van der Waals surface area contributed by atoms with Crippen LogP contribution in [0.2, 0.25) is 0 Å². The molecule has 152 valence electrons. The molecule has 0 spiro atoms. The second-order valence-electron chi connectivity index (χ2n) is 7.94. The highest BCUT2D eigenvalue weighted by Crippen LogP contribution is 2.27. The summed E-state index contributed by atoms with van der Waals surface area (Å²) in [5.74, 6) is 1.87. The van der Waals surface area contributed by atoms with Crippen molar-refractivity contribution in [3.05, 3.63) is 15.6 Å². The van der Waals surface area contributed by atoms with Crippen LogP contribution >= 0.6 is 11.3 Å². The fourth-order valence-corrected chi connectivity index (χ4v) is 5.38. The minimum absolute atomic E-state index is 0.843. The number of hydrogen-bond donors (Lipinski definition) is 1. The van der Waals surface area contributed by atoms with Crippen molar-refractivity contribution in [3.63, 3.8) is 0 Å². The van der Waals surface area contributed by atoms with Crippen LogP contribution in [0.3, 0.4) is 0 Å². The van der Waals surface area contributed by atoms with Gasteiger partial charge >= 0.3 is 0 Å². The van der Waals surface area contributed by atoms with Crippen LogP contribution in [0, 0.1) is 5.92 Å². The van der Waals surface area contributed by atoms with Gasteiger partial charge in [-0.2, -0.15) is 0 Å². The first-order valence-electron chi connectivity index (χ1n) is 10.9. The normalized spacial score (nSPS) is 19.1. The standard InChI is InChI=1S/C21H37N5S/c1-4-22-21(23-13-10-17-11-14-26(5-2)15-12-17)25(3)16-20-24-18-8-6-7-9-19(18)27-20/h17H,4-16H2,1-3H3,(H,22,23). The number of aryl methyl sites for hydroxylation is 2. The number of fused-ring (bicyclic) bond motifs is 1. The van der Waals surface area contributed by atoms with Crippen LogP contribution in [0.1, 0.15) is 61.5 Å². The zero-order valence-corrected chi connectivity index (χ0v) is 18.3. The molecular formula is C21H37N5S. The predicted molar refractivity (Wildman–Crippen MR) is 116 cm³/mol. The maximum absolute atomic E-state index is 4.92. The fourth-order valence-electron chi connectivity index (χ4n) is 4.16. The maximum Gasteiger partial charge on any atom is 0.194 e. The van der Waals surface area contributed by atoms with Gasteiger partial charge in [0.1, 0.15) is 5.01 Å². The van der Waals surface area contributed by atoms with Crippen molar-refractivity contribution in [2.24, 2.45) is 10.9 Å². The first-order valence-corrected chi connectivity index (χ1v) is 11.7. The summed E-state index contributed by atoms with van der Waals surface area (Å²) in [7, 11) is 2.14. The number of hydrogen-bond acceptors (Lipinski definition) is 4. The van der Waals surface area contributed by atoms with E-state index in [9.17, 15) is 0 Å². The highest BCUT2D eigenvalue weighted by molar-refractivity contribution is 7.11. The number of guanidine groups is 1. The third kappa shape index (κ3) is 5.92. The van der Waals surface area contributed by atoms with E-state index >= 15 is 0 Å². The summed E-state index contributed by atoms with van der Waals surface area (Å²) in [5, 5.41) is 4.70. The molecule has 1 aliphatic heterocycles. The van der Waals surface area contributed by atoms with E-state index in [-0.39, 0.29) is 0 Å². The Labute approximate surface area is 169 Å². The average Bonchev–Trinajstić information content (AvgIpc) is 3.10. The Kier molecular flexibility index (Phi) is 7.94. The summed E-state index contributed by atoms with van der Waals surface area (Å²) >= 11 is 1.91. The third-order valence-electron chi connectivity index (χ3n) is 5.91. The van der Waals surface area contributed by atoms with Crippen LogP contribution in [0.25, 0.3) is 0 Å². The van der Waals surface area contributed by atoms with Crippen LogP contribution in [0.5, 0.6) is 0 Å². The van der Waals surface area contributed by atoms with Crippen molar-refractivity contribution < 1.29 is 0 Å². The quantitative estimate of drug-likeness (QED) is 0.570. The average molecular weight is 392 g/mol. The van der Waals surface area contributed by atoms with Gasteiger partial charge in [-0.05, 0) is 77.4 Å². The first-order chi connectivity index (χ1) is 13.2. The van der Waals surface area contributed by atoms with E-state index < -0.39 is 0 Å². The lowest BCUT2D eigenvalue weighted by molar-refractivity contribution is 0.188. The Bertz CT molecular complexity index is 580. The van der Waals surface area contributed by atoms with E-state index in [0.29, 0.717) is 0 Å². The Balaban J connectivity index is 1.51. The van der Waals surface area contributed by atoms with Crippen LogP contribution in [-0.2, 0) is 19.4 Å². The molecule has 1 fully saturated rings. The van der Waals surface area contributed by atoms with Crippen molar-refractivity contribution >= 4 is 17.3 Å². The second-order valence-corrected chi connectivity index (χ2v) is 9.11. The summed E-state index contributed by atoms with van der Waals surface area (Å²) in [6, 6.07) is 0. The van der Waals surface area contributed by atoms with Crippen molar-refractivity contribution in [1.29, 1.82) is 0 Å². The minimum atomic E-state index is 0.843. The molecule has 0 amide bonds. The predicted octanol–water partition coefficient (Wildman–Crippen LogP) is 3.54. The number of nitrogens with zero attached hydrogens (tertiary/aromatic N) is 4. The highest BCUT2D eigenvalue weighted by atomic mass is 32.1. The van der Waals surface area contributed by atoms with E-state index in [0.717, 1.165) is 31.5 Å². The lowest BCUT2D eigenvalue weighted by atomic mass is 9.94. The van der Waals surface area contributed by atoms with E-state index in [2.05, 4.69) is 36.0 Å².